The van der Waals surface area contributed by atoms with Crippen LogP contribution in [0.5, 0.6) is 11.8 Å². The second-order valence-corrected chi connectivity index (χ2v) is 13.9. The zero-order valence-corrected chi connectivity index (χ0v) is 34.0. The number of benzene rings is 2. The van der Waals surface area contributed by atoms with E-state index in [-0.39, 0.29) is 0 Å². The molecule has 4 aromatic rings. The van der Waals surface area contributed by atoms with Crippen LogP contribution in [0.25, 0.3) is 22.3 Å². The number of aliphatic hydroxyl groups is 1. The van der Waals surface area contributed by atoms with E-state index in [1.807, 2.05) is 0 Å². The highest BCUT2D eigenvalue weighted by Gasteiger charge is 2.26. The molecule has 17 heteroatoms. The number of nitrogens with zero attached hydrogens (tertiary/aromatic N) is 3. The van der Waals surface area contributed by atoms with E-state index >= 15 is 0 Å². The maximum atomic E-state index is 14.5. The van der Waals surface area contributed by atoms with Gasteiger partial charge in [-0.05, 0) is 135 Å². The highest BCUT2D eigenvalue weighted by atomic mass is 32.2. The third-order valence-corrected chi connectivity index (χ3v) is 8.74. The van der Waals surface area contributed by atoms with Gasteiger partial charge in [0.25, 0.3) is 0 Å². The molecule has 2 aromatic heterocycles. The van der Waals surface area contributed by atoms with E-state index in [9.17, 15) is 43.3 Å². The maximum Gasteiger partial charge on any atom is 0.673 e. The Morgan fingerprint density at radius 1 is 0.737 bits per heavy atom. The topological polar surface area (TPSA) is 67.5 Å². The van der Waals surface area contributed by atoms with Gasteiger partial charge in [0.1, 0.15) is 17.3 Å². The van der Waals surface area contributed by atoms with Gasteiger partial charge in [0, 0.05) is 24.5 Å². The van der Waals surface area contributed by atoms with Crippen molar-refractivity contribution in [2.45, 2.75) is 65.7 Å². The number of allylic oxidation sites excluding steroid dienone is 2. The van der Waals surface area contributed by atoms with Gasteiger partial charge in [-0.25, -0.2) is 23.1 Å². The van der Waals surface area contributed by atoms with E-state index in [1.165, 1.54) is 52.3 Å². The van der Waals surface area contributed by atoms with E-state index in [0.717, 1.165) is 26.2 Å². The summed E-state index contributed by atoms with van der Waals surface area (Å²) in [4.78, 5) is 8.11. The van der Waals surface area contributed by atoms with Crippen LogP contribution in [-0.2, 0) is 35.6 Å². The minimum absolute atomic E-state index is 0.332. The van der Waals surface area contributed by atoms with Gasteiger partial charge in [-0.15, -0.1) is 13.2 Å². The van der Waals surface area contributed by atoms with Crippen molar-refractivity contribution in [1.29, 1.82) is 0 Å². The van der Waals surface area contributed by atoms with Crippen LogP contribution >= 0.6 is 0 Å². The Bertz CT molecular complexity index is 1830. The molecule has 4 rings (SSSR count). The molecule has 6 nitrogen and oxygen atoms in total. The molecule has 0 saturated carbocycles. The smallest absolute Gasteiger partial charge is 0.481 e. The summed E-state index contributed by atoms with van der Waals surface area (Å²) in [6.07, 6.45) is 7.59. The average Bonchev–Trinajstić information content (AvgIpc) is 3.12. The number of pyridine rings is 2. The number of aromatic nitrogens is 2. The number of hydrogen-bond acceptors (Lipinski definition) is 5. The van der Waals surface area contributed by atoms with Crippen molar-refractivity contribution < 1.29 is 56.7 Å². The van der Waals surface area contributed by atoms with Gasteiger partial charge in [-0.3, -0.25) is 0 Å². The molecular formula is C40H49BF9N3O3S. The third kappa shape index (κ3) is 17.2. The first-order valence-corrected chi connectivity index (χ1v) is 18.4. The van der Waals surface area contributed by atoms with Crippen molar-refractivity contribution in [1.82, 2.24) is 9.97 Å². The first-order chi connectivity index (χ1) is 26.4. The van der Waals surface area contributed by atoms with Crippen molar-refractivity contribution in [2.75, 3.05) is 27.3 Å². The fraction of sp³-hybridized carbons (Fsp3) is 0.350. The number of halogens is 9. The first-order valence-electron chi connectivity index (χ1n) is 17.4. The normalized spacial score (nSPS) is 11.2. The lowest BCUT2D eigenvalue weighted by Gasteiger charge is -2.24. The van der Waals surface area contributed by atoms with Crippen LogP contribution in [0.2, 0.25) is 0 Å². The highest BCUT2D eigenvalue weighted by molar-refractivity contribution is 7.74. The van der Waals surface area contributed by atoms with E-state index in [2.05, 4.69) is 23.1 Å². The highest BCUT2D eigenvalue weighted by Crippen LogP contribution is 2.37. The minimum atomic E-state index is -6.00. The molecule has 0 fully saturated rings. The summed E-state index contributed by atoms with van der Waals surface area (Å²) < 4.78 is 116. The van der Waals surface area contributed by atoms with Crippen LogP contribution in [0.3, 0.4) is 0 Å². The zero-order chi connectivity index (χ0) is 43.7. The van der Waals surface area contributed by atoms with Gasteiger partial charge in [-0.2, -0.15) is 3.95 Å². The summed E-state index contributed by atoms with van der Waals surface area (Å²) in [5, 5.41) is 10.4. The molecule has 0 unspecified atom stereocenters. The predicted molar refractivity (Wildman–Crippen MR) is 211 cm³/mol. The second kappa shape index (κ2) is 22.9. The minimum Gasteiger partial charge on any atom is -0.481 e. The molecule has 0 aliphatic carbocycles. The monoisotopic (exact) mass is 833 g/mol. The van der Waals surface area contributed by atoms with Crippen LogP contribution in [0.1, 0.15) is 63.8 Å². The Kier molecular flexibility index (Phi) is 20.3. The summed E-state index contributed by atoms with van der Waals surface area (Å²) in [5.41, 5.74) is 2.51. The Balaban J connectivity index is 0.000000437. The molecule has 314 valence electrons. The Hall–Kier alpha value is -4.64. The van der Waals surface area contributed by atoms with E-state index in [1.54, 1.807) is 76.5 Å². The molecule has 0 saturated heterocycles. The van der Waals surface area contributed by atoms with E-state index in [4.69, 9.17) is 9.47 Å². The van der Waals surface area contributed by atoms with Gasteiger partial charge < -0.3 is 31.8 Å². The summed E-state index contributed by atoms with van der Waals surface area (Å²) in [5.74, 6) is 0.0125. The molecule has 0 aliphatic heterocycles. The number of ether oxygens (including phenoxy) is 2. The quantitative estimate of drug-likeness (QED) is 0.0666. The fourth-order valence-electron chi connectivity index (χ4n) is 5.39. The average molecular weight is 834 g/mol. The zero-order valence-electron chi connectivity index (χ0n) is 33.2. The molecule has 1 N–H and O–H groups in total. The van der Waals surface area contributed by atoms with Crippen molar-refractivity contribution in [3.8, 4) is 34.0 Å². The van der Waals surface area contributed by atoms with Gasteiger partial charge >= 0.3 is 18.7 Å². The molecule has 0 bridgehead atoms. The lowest BCUT2D eigenvalue weighted by Crippen LogP contribution is -2.19. The van der Waals surface area contributed by atoms with Crippen LogP contribution in [-0.4, -0.2) is 53.6 Å². The van der Waals surface area contributed by atoms with Crippen LogP contribution in [0.15, 0.2) is 86.2 Å². The third-order valence-electron chi connectivity index (χ3n) is 7.84. The van der Waals surface area contributed by atoms with Gasteiger partial charge in [0.2, 0.25) is 11.8 Å². The molecule has 0 aliphatic rings. The number of rotatable bonds is 12. The molecule has 0 atom stereocenters. The van der Waals surface area contributed by atoms with Crippen molar-refractivity contribution in [3.05, 3.63) is 120 Å². The van der Waals surface area contributed by atoms with E-state index < -0.39 is 41.6 Å². The molecule has 0 amide bonds. The first kappa shape index (κ1) is 50.4. The number of alkyl halides is 1. The summed E-state index contributed by atoms with van der Waals surface area (Å²) in [6.45, 7) is 17.9. The Labute approximate surface area is 331 Å². The predicted octanol–water partition coefficient (Wildman–Crippen LogP) is 11.6. The molecular weight excluding hydrogens is 784 g/mol. The van der Waals surface area contributed by atoms with Gasteiger partial charge in [-0.1, -0.05) is 19.9 Å². The SMILES string of the molecule is C=CCc1c(-c2ccnc(OC)c2)cc(F)cc1C(C)(C)F.C=CCc1c(-c2ccnc(OC)c2)cc(F)cc1C(C)(C)O.CC[N+](CC)=S(F)F.F[B-](F)(F)F. The fourth-order valence-corrected chi connectivity index (χ4v) is 5.78. The Morgan fingerprint density at radius 2 is 1.11 bits per heavy atom. The van der Waals surface area contributed by atoms with Crippen LogP contribution in [0, 0.1) is 11.6 Å². The van der Waals surface area contributed by atoms with Crippen molar-refractivity contribution in [3.63, 3.8) is 0 Å². The standard InChI is InChI=1S/C18H19F2NO.C18H20FNO2.C4H10F2NS.BF4/c1-5-6-14-15(12-7-8-21-17(9-12)22-4)10-13(19)11-16(14)18(2,3)20;1-5-6-14-15(12-7-8-20-17(9-12)22-4)10-13(19)11-16(14)18(2,3)21;1-3-7(4-2)8(5)6;2-1(3,4)5/h5,7-11H,1,6H2,2-4H3;5,7-11,21H,1,6H2,2-4H3;3-4H2,1-2H3;/q;;+1;-1. The summed E-state index contributed by atoms with van der Waals surface area (Å²) in [7, 11) is -2.96. The number of methoxy groups -OCH3 is 2. The lowest BCUT2D eigenvalue weighted by atomic mass is 9.86. The van der Waals surface area contributed by atoms with Crippen molar-refractivity contribution >= 4 is 18.7 Å². The van der Waals surface area contributed by atoms with E-state index in [0.29, 0.717) is 59.9 Å². The summed E-state index contributed by atoms with van der Waals surface area (Å²) in [6, 6.07) is 12.5. The van der Waals surface area contributed by atoms with Crippen molar-refractivity contribution in [2.24, 2.45) is 0 Å². The molecule has 2 heterocycles. The molecule has 57 heavy (non-hydrogen) atoms. The molecule has 0 radical (unpaired) electrons. The molecule has 2 aromatic carbocycles. The maximum absolute atomic E-state index is 14.5. The van der Waals surface area contributed by atoms with Gasteiger partial charge in [0.15, 0.2) is 13.1 Å². The van der Waals surface area contributed by atoms with Crippen LogP contribution in [0.4, 0.5) is 38.2 Å². The lowest BCUT2D eigenvalue weighted by molar-refractivity contribution is -0.499. The second-order valence-electron chi connectivity index (χ2n) is 13.0. The van der Waals surface area contributed by atoms with Crippen LogP contribution < -0.4 is 9.47 Å². The molecule has 0 spiro atoms. The largest absolute Gasteiger partial charge is 0.673 e. The summed E-state index contributed by atoms with van der Waals surface area (Å²) >= 11 is -2.52. The van der Waals surface area contributed by atoms with Gasteiger partial charge in [0.05, 0.1) is 19.8 Å². The number of hydrogen-bond donors (Lipinski definition) is 1. The Morgan fingerprint density at radius 3 is 1.39 bits per heavy atom.